The monoisotopic (exact) mass is 258 g/mol. The van der Waals surface area contributed by atoms with E-state index in [0.29, 0.717) is 12.0 Å². The average Bonchev–Trinajstić information content (AvgIpc) is 2.34. The van der Waals surface area contributed by atoms with Crippen LogP contribution in [-0.2, 0) is 4.74 Å². The van der Waals surface area contributed by atoms with Crippen LogP contribution < -0.4 is 16.6 Å². The lowest BCUT2D eigenvalue weighted by molar-refractivity contribution is 0.146. The first-order valence-corrected chi connectivity index (χ1v) is 6.95. The summed E-state index contributed by atoms with van der Waals surface area (Å²) in [5.41, 5.74) is 2.61. The molecule has 0 aromatic rings. The molecule has 0 bridgehead atoms. The summed E-state index contributed by atoms with van der Waals surface area (Å²) in [6.07, 6.45) is 3.24. The Labute approximate surface area is 112 Å². The van der Waals surface area contributed by atoms with Gasteiger partial charge in [-0.2, -0.15) is 0 Å². The SMILES string of the molecule is CCOCCCN=C(NN)NC(C)CCC(C)C. The van der Waals surface area contributed by atoms with Gasteiger partial charge < -0.3 is 10.1 Å². The number of hydrogen-bond donors (Lipinski definition) is 3. The third-order valence-electron chi connectivity index (χ3n) is 2.62. The van der Waals surface area contributed by atoms with Crippen LogP contribution in [0.5, 0.6) is 0 Å². The fraction of sp³-hybridized carbons (Fsp3) is 0.923. The maximum atomic E-state index is 5.44. The van der Waals surface area contributed by atoms with Crippen molar-refractivity contribution in [2.24, 2.45) is 16.8 Å². The second kappa shape index (κ2) is 11.3. The Morgan fingerprint density at radius 1 is 1.28 bits per heavy atom. The smallest absolute Gasteiger partial charge is 0.205 e. The van der Waals surface area contributed by atoms with Crippen LogP contribution in [0.4, 0.5) is 0 Å². The van der Waals surface area contributed by atoms with Crippen molar-refractivity contribution < 1.29 is 4.74 Å². The van der Waals surface area contributed by atoms with E-state index in [-0.39, 0.29) is 0 Å². The Balaban J connectivity index is 3.82. The molecule has 0 aliphatic heterocycles. The summed E-state index contributed by atoms with van der Waals surface area (Å²) in [6.45, 7) is 10.8. The van der Waals surface area contributed by atoms with Gasteiger partial charge in [-0.05, 0) is 39.0 Å². The van der Waals surface area contributed by atoms with Crippen molar-refractivity contribution in [3.63, 3.8) is 0 Å². The Morgan fingerprint density at radius 3 is 2.56 bits per heavy atom. The molecule has 0 heterocycles. The molecule has 5 heteroatoms. The van der Waals surface area contributed by atoms with E-state index in [4.69, 9.17) is 10.6 Å². The summed E-state index contributed by atoms with van der Waals surface area (Å²) >= 11 is 0. The van der Waals surface area contributed by atoms with Gasteiger partial charge in [0.1, 0.15) is 0 Å². The molecule has 0 fully saturated rings. The third-order valence-corrected chi connectivity index (χ3v) is 2.62. The molecule has 5 nitrogen and oxygen atoms in total. The Hall–Kier alpha value is -0.810. The van der Waals surface area contributed by atoms with E-state index in [0.717, 1.165) is 38.5 Å². The number of guanidine groups is 1. The zero-order valence-corrected chi connectivity index (χ0v) is 12.3. The van der Waals surface area contributed by atoms with Crippen LogP contribution in [0.2, 0.25) is 0 Å². The summed E-state index contributed by atoms with van der Waals surface area (Å²) in [5.74, 6) is 6.84. The molecule has 0 spiro atoms. The van der Waals surface area contributed by atoms with Crippen molar-refractivity contribution in [2.45, 2.75) is 53.0 Å². The zero-order chi connectivity index (χ0) is 13.8. The molecule has 0 aliphatic carbocycles. The van der Waals surface area contributed by atoms with Crippen molar-refractivity contribution in [1.29, 1.82) is 0 Å². The van der Waals surface area contributed by atoms with E-state index in [1.165, 1.54) is 6.42 Å². The number of nitrogens with zero attached hydrogens (tertiary/aromatic N) is 1. The molecule has 1 atom stereocenters. The summed E-state index contributed by atoms with van der Waals surface area (Å²) in [4.78, 5) is 4.37. The topological polar surface area (TPSA) is 71.7 Å². The van der Waals surface area contributed by atoms with Crippen LogP contribution in [-0.4, -0.2) is 31.8 Å². The number of ether oxygens (including phenoxy) is 1. The summed E-state index contributed by atoms with van der Waals surface area (Å²) in [5, 5.41) is 3.29. The van der Waals surface area contributed by atoms with E-state index in [1.54, 1.807) is 0 Å². The fourth-order valence-electron chi connectivity index (χ4n) is 1.52. The lowest BCUT2D eigenvalue weighted by atomic mass is 10.0. The van der Waals surface area contributed by atoms with Crippen LogP contribution in [0.1, 0.15) is 47.0 Å². The van der Waals surface area contributed by atoms with Gasteiger partial charge in [-0.15, -0.1) is 0 Å². The molecule has 0 aliphatic rings. The van der Waals surface area contributed by atoms with Crippen LogP contribution in [0.15, 0.2) is 4.99 Å². The minimum absolute atomic E-state index is 0.383. The molecule has 0 amide bonds. The van der Waals surface area contributed by atoms with Crippen LogP contribution in [0, 0.1) is 5.92 Å². The molecule has 0 radical (unpaired) electrons. The molecule has 0 saturated carbocycles. The van der Waals surface area contributed by atoms with Gasteiger partial charge in [-0.3, -0.25) is 10.4 Å². The van der Waals surface area contributed by atoms with Crippen LogP contribution in [0.3, 0.4) is 0 Å². The molecule has 0 aromatic heterocycles. The second-order valence-corrected chi connectivity index (χ2v) is 4.94. The predicted molar refractivity (Wildman–Crippen MR) is 77.4 cm³/mol. The highest BCUT2D eigenvalue weighted by Crippen LogP contribution is 2.06. The molecule has 18 heavy (non-hydrogen) atoms. The van der Waals surface area contributed by atoms with Gasteiger partial charge in [0.05, 0.1) is 0 Å². The standard InChI is InChI=1S/C13H30N4O/c1-5-18-10-6-9-15-13(17-14)16-12(4)8-7-11(2)3/h11-12H,5-10,14H2,1-4H3,(H2,15,16,17). The Kier molecular flexibility index (Phi) is 10.8. The van der Waals surface area contributed by atoms with Crippen molar-refractivity contribution in [3.8, 4) is 0 Å². The summed E-state index contributed by atoms with van der Waals surface area (Å²) in [7, 11) is 0. The van der Waals surface area contributed by atoms with Crippen LogP contribution >= 0.6 is 0 Å². The number of hydrazine groups is 1. The fourth-order valence-corrected chi connectivity index (χ4v) is 1.52. The van der Waals surface area contributed by atoms with E-state index < -0.39 is 0 Å². The highest BCUT2D eigenvalue weighted by Gasteiger charge is 2.05. The van der Waals surface area contributed by atoms with Gasteiger partial charge >= 0.3 is 0 Å². The largest absolute Gasteiger partial charge is 0.382 e. The van der Waals surface area contributed by atoms with Crippen molar-refractivity contribution in [1.82, 2.24) is 10.7 Å². The zero-order valence-electron chi connectivity index (χ0n) is 12.3. The predicted octanol–water partition coefficient (Wildman–Crippen LogP) is 1.65. The normalized spacial score (nSPS) is 13.8. The van der Waals surface area contributed by atoms with Gasteiger partial charge in [-0.1, -0.05) is 13.8 Å². The number of aliphatic imine (C=N–C) groups is 1. The summed E-state index contributed by atoms with van der Waals surface area (Å²) < 4.78 is 5.25. The van der Waals surface area contributed by atoms with Crippen molar-refractivity contribution in [2.75, 3.05) is 19.8 Å². The van der Waals surface area contributed by atoms with E-state index in [2.05, 4.69) is 36.5 Å². The molecule has 4 N–H and O–H groups in total. The average molecular weight is 258 g/mol. The number of nitrogens with one attached hydrogen (secondary N) is 2. The van der Waals surface area contributed by atoms with Gasteiger partial charge in [0.25, 0.3) is 0 Å². The Bertz CT molecular complexity index is 219. The van der Waals surface area contributed by atoms with Gasteiger partial charge in [0.15, 0.2) is 0 Å². The molecule has 0 aromatic carbocycles. The van der Waals surface area contributed by atoms with E-state index in [1.807, 2.05) is 6.92 Å². The lowest BCUT2D eigenvalue weighted by Crippen LogP contribution is -2.45. The molecular weight excluding hydrogens is 228 g/mol. The molecular formula is C13H30N4O. The minimum atomic E-state index is 0.383. The van der Waals surface area contributed by atoms with Crippen LogP contribution in [0.25, 0.3) is 0 Å². The highest BCUT2D eigenvalue weighted by molar-refractivity contribution is 5.79. The molecule has 0 saturated heterocycles. The lowest BCUT2D eigenvalue weighted by Gasteiger charge is -2.17. The molecule has 1 unspecified atom stereocenters. The first kappa shape index (κ1) is 17.2. The van der Waals surface area contributed by atoms with Gasteiger partial charge in [0, 0.05) is 25.8 Å². The van der Waals surface area contributed by atoms with Crippen molar-refractivity contribution >= 4 is 5.96 Å². The van der Waals surface area contributed by atoms with E-state index >= 15 is 0 Å². The maximum Gasteiger partial charge on any atom is 0.205 e. The number of hydrogen-bond acceptors (Lipinski definition) is 3. The maximum absolute atomic E-state index is 5.44. The third kappa shape index (κ3) is 10.4. The van der Waals surface area contributed by atoms with Crippen molar-refractivity contribution in [3.05, 3.63) is 0 Å². The molecule has 0 rings (SSSR count). The van der Waals surface area contributed by atoms with Gasteiger partial charge in [-0.25, -0.2) is 5.84 Å². The van der Waals surface area contributed by atoms with Gasteiger partial charge in [0.2, 0.25) is 5.96 Å². The molecule has 108 valence electrons. The summed E-state index contributed by atoms with van der Waals surface area (Å²) in [6, 6.07) is 0.383. The first-order chi connectivity index (χ1) is 8.60. The Morgan fingerprint density at radius 2 is 2.00 bits per heavy atom. The highest BCUT2D eigenvalue weighted by atomic mass is 16.5. The quantitative estimate of drug-likeness (QED) is 0.193. The first-order valence-electron chi connectivity index (χ1n) is 6.95. The van der Waals surface area contributed by atoms with E-state index in [9.17, 15) is 0 Å². The number of nitrogens with two attached hydrogens (primary N) is 1. The number of rotatable bonds is 9. The second-order valence-electron chi connectivity index (χ2n) is 4.94. The minimum Gasteiger partial charge on any atom is -0.382 e.